The van der Waals surface area contributed by atoms with Crippen LogP contribution in [0.4, 0.5) is 0 Å². The van der Waals surface area contributed by atoms with E-state index in [4.69, 9.17) is 0 Å². The van der Waals surface area contributed by atoms with Gasteiger partial charge in [-0.3, -0.25) is 0 Å². The second kappa shape index (κ2) is 8.12. The summed E-state index contributed by atoms with van der Waals surface area (Å²) in [4.78, 5) is 5.54. The molecule has 0 bridgehead atoms. The van der Waals surface area contributed by atoms with Gasteiger partial charge >= 0.3 is 0 Å². The summed E-state index contributed by atoms with van der Waals surface area (Å²) < 4.78 is 0. The van der Waals surface area contributed by atoms with Crippen molar-refractivity contribution in [3.63, 3.8) is 0 Å². The molecule has 41 heavy (non-hydrogen) atoms. The second-order valence-corrected chi connectivity index (χ2v) is 13.7. The van der Waals surface area contributed by atoms with Crippen LogP contribution in [0.15, 0.2) is 153 Å². The van der Waals surface area contributed by atoms with Crippen molar-refractivity contribution in [1.29, 1.82) is 0 Å². The van der Waals surface area contributed by atoms with Crippen molar-refractivity contribution < 1.29 is 0 Å². The van der Waals surface area contributed by atoms with Crippen LogP contribution in [0.25, 0.3) is 0 Å². The zero-order chi connectivity index (χ0) is 26.7. The molecule has 0 aromatic heterocycles. The predicted octanol–water partition coefficient (Wildman–Crippen LogP) is 4.66. The van der Waals surface area contributed by atoms with Crippen LogP contribution in [0.5, 0.6) is 0 Å². The zero-order valence-corrected chi connectivity index (χ0v) is 23.8. The molecule has 0 radical (unpaired) electrons. The van der Waals surface area contributed by atoms with Crippen molar-refractivity contribution in [2.45, 2.75) is 25.0 Å². The maximum atomic E-state index is 2.44. The highest BCUT2D eigenvalue weighted by Crippen LogP contribution is 2.50. The molecule has 4 heterocycles. The van der Waals surface area contributed by atoms with E-state index >= 15 is 0 Å². The third kappa shape index (κ3) is 2.74. The molecule has 0 atom stereocenters. The first-order valence-corrected chi connectivity index (χ1v) is 16.0. The smallest absolute Gasteiger partial charge is 0.0912 e. The van der Waals surface area contributed by atoms with Crippen LogP contribution in [-0.2, 0) is 5.41 Å². The van der Waals surface area contributed by atoms with Gasteiger partial charge in [-0.25, -0.2) is 0 Å². The molecule has 0 saturated heterocycles. The van der Waals surface area contributed by atoms with Gasteiger partial charge in [0.25, 0.3) is 0 Å². The lowest BCUT2D eigenvalue weighted by atomic mass is 9.26. The van der Waals surface area contributed by atoms with Crippen molar-refractivity contribution in [3.05, 3.63) is 156 Å². The van der Waals surface area contributed by atoms with Crippen LogP contribution >= 0.6 is 23.5 Å². The topological polar surface area (TPSA) is 0 Å². The third-order valence-electron chi connectivity index (χ3n) is 9.77. The monoisotopic (exact) mass is 552 g/mol. The number of rotatable bonds is 0. The molecule has 1 spiro atoms. The number of fused-ring (bicyclic) bond motifs is 12. The minimum atomic E-state index is -0.378. The zero-order valence-electron chi connectivity index (χ0n) is 22.2. The molecular weight excluding hydrogens is 530 g/mol. The summed E-state index contributed by atoms with van der Waals surface area (Å²) in [6, 6.07) is 50.9. The van der Waals surface area contributed by atoms with Crippen molar-refractivity contribution in [3.8, 4) is 0 Å². The summed E-state index contributed by atoms with van der Waals surface area (Å²) in [6.07, 6.45) is 0. The first-order valence-electron chi connectivity index (χ1n) is 14.3. The molecule has 188 valence electrons. The molecule has 6 aromatic rings. The quantitative estimate of drug-likeness (QED) is 0.251. The van der Waals surface area contributed by atoms with Gasteiger partial charge in [0.15, 0.2) is 0 Å². The Morgan fingerprint density at radius 1 is 0.341 bits per heavy atom. The average molecular weight is 552 g/mol. The molecular formula is C37H22B2S2. The first kappa shape index (κ1) is 22.8. The van der Waals surface area contributed by atoms with E-state index in [1.807, 2.05) is 23.5 Å². The lowest BCUT2D eigenvalue weighted by molar-refractivity contribution is 0.752. The van der Waals surface area contributed by atoms with E-state index in [0.29, 0.717) is 0 Å². The number of benzene rings is 6. The largest absolute Gasteiger partial charge is 0.245 e. The minimum absolute atomic E-state index is 0.236. The van der Waals surface area contributed by atoms with Crippen LogP contribution in [-0.4, -0.2) is 13.4 Å². The van der Waals surface area contributed by atoms with Crippen molar-refractivity contribution >= 4 is 69.7 Å². The molecule has 4 aliphatic heterocycles. The number of hydrogen-bond donors (Lipinski definition) is 0. The van der Waals surface area contributed by atoms with Crippen LogP contribution < -0.4 is 32.8 Å². The fourth-order valence-electron chi connectivity index (χ4n) is 8.38. The molecule has 6 aromatic carbocycles. The van der Waals surface area contributed by atoms with Gasteiger partial charge in [0.05, 0.1) is 5.41 Å². The van der Waals surface area contributed by atoms with Gasteiger partial charge in [-0.15, -0.1) is 0 Å². The summed E-state index contributed by atoms with van der Waals surface area (Å²) >= 11 is 3.88. The Labute approximate surface area is 249 Å². The Bertz CT molecular complexity index is 1950. The maximum Gasteiger partial charge on any atom is 0.245 e. The van der Waals surface area contributed by atoms with Gasteiger partial charge < -0.3 is 0 Å². The summed E-state index contributed by atoms with van der Waals surface area (Å²) in [6.45, 7) is 0.472. The molecule has 10 rings (SSSR count). The average Bonchev–Trinajstić information content (AvgIpc) is 3.03. The van der Waals surface area contributed by atoms with Gasteiger partial charge in [0.1, 0.15) is 0 Å². The van der Waals surface area contributed by atoms with Crippen LogP contribution in [0.2, 0.25) is 0 Å². The van der Waals surface area contributed by atoms with E-state index in [-0.39, 0.29) is 18.8 Å². The van der Waals surface area contributed by atoms with Crippen LogP contribution in [0.3, 0.4) is 0 Å². The minimum Gasteiger partial charge on any atom is -0.0912 e. The SMILES string of the molecule is c1ccc2c(c1)Sc1cccc3c1B2c1ccccc1C31c2ccccc2B2c3ccccc3Sc3cccc1c32. The Hall–Kier alpha value is -3.85. The van der Waals surface area contributed by atoms with E-state index < -0.39 is 0 Å². The van der Waals surface area contributed by atoms with Gasteiger partial charge in [-0.2, -0.15) is 0 Å². The van der Waals surface area contributed by atoms with Crippen molar-refractivity contribution in [1.82, 2.24) is 0 Å². The fraction of sp³-hybridized carbons (Fsp3) is 0.0270. The summed E-state index contributed by atoms with van der Waals surface area (Å²) in [7, 11) is 0. The summed E-state index contributed by atoms with van der Waals surface area (Å²) in [5.41, 5.74) is 14.1. The molecule has 0 aliphatic carbocycles. The lowest BCUT2D eigenvalue weighted by Crippen LogP contribution is -2.69. The van der Waals surface area contributed by atoms with Crippen LogP contribution in [0, 0.1) is 0 Å². The molecule has 0 saturated carbocycles. The molecule has 0 amide bonds. The predicted molar refractivity (Wildman–Crippen MR) is 175 cm³/mol. The Morgan fingerprint density at radius 3 is 1.20 bits per heavy atom. The highest BCUT2D eigenvalue weighted by molar-refractivity contribution is 8.00. The van der Waals surface area contributed by atoms with E-state index in [2.05, 4.69) is 133 Å². The van der Waals surface area contributed by atoms with Crippen molar-refractivity contribution in [2.75, 3.05) is 0 Å². The Morgan fingerprint density at radius 2 is 0.707 bits per heavy atom. The Kier molecular flexibility index (Phi) is 4.52. The third-order valence-corrected chi connectivity index (χ3v) is 12.1. The Balaban J connectivity index is 1.40. The fourth-order valence-corrected chi connectivity index (χ4v) is 10.7. The van der Waals surface area contributed by atoms with Gasteiger partial charge in [-0.05, 0) is 46.5 Å². The summed E-state index contributed by atoms with van der Waals surface area (Å²) in [5, 5.41) is 0. The molecule has 0 nitrogen and oxygen atoms in total. The highest BCUT2D eigenvalue weighted by atomic mass is 32.2. The van der Waals surface area contributed by atoms with Gasteiger partial charge in [0.2, 0.25) is 13.4 Å². The lowest BCUT2D eigenvalue weighted by Gasteiger charge is -2.51. The number of hydrogen-bond acceptors (Lipinski definition) is 2. The normalized spacial score (nSPS) is 15.7. The molecule has 0 N–H and O–H groups in total. The van der Waals surface area contributed by atoms with Crippen molar-refractivity contribution in [2.24, 2.45) is 0 Å². The first-order chi connectivity index (χ1) is 20.4. The van der Waals surface area contributed by atoms with E-state index in [9.17, 15) is 0 Å². The second-order valence-electron chi connectivity index (χ2n) is 11.5. The van der Waals surface area contributed by atoms with Gasteiger partial charge in [0, 0.05) is 19.6 Å². The summed E-state index contributed by atoms with van der Waals surface area (Å²) in [5.74, 6) is 0. The molecule has 4 aliphatic rings. The maximum absolute atomic E-state index is 2.44. The molecule has 0 fully saturated rings. The van der Waals surface area contributed by atoms with Crippen LogP contribution in [0.1, 0.15) is 22.3 Å². The van der Waals surface area contributed by atoms with E-state index in [0.717, 1.165) is 0 Å². The highest BCUT2D eigenvalue weighted by Gasteiger charge is 2.55. The molecule has 0 unspecified atom stereocenters. The molecule has 4 heteroatoms. The standard InChI is InChI=1S/C37H22B2S2/c1-3-15-27-23(11-1)37(25-13-9-21-33-35(25)38(27)29-17-5-7-19-31(29)40-33)24-12-2-4-16-28(24)39-30-18-6-8-20-32(30)41-34-22-10-14-26(37)36(34)39/h1-22H. The van der Waals surface area contributed by atoms with Gasteiger partial charge in [-0.1, -0.05) is 165 Å². The van der Waals surface area contributed by atoms with E-state index in [1.165, 1.54) is 74.6 Å². The van der Waals surface area contributed by atoms with E-state index in [1.54, 1.807) is 0 Å².